The van der Waals surface area contributed by atoms with Gasteiger partial charge in [0.05, 0.1) is 10.8 Å². The van der Waals surface area contributed by atoms with Gasteiger partial charge in [0.1, 0.15) is 0 Å². The Morgan fingerprint density at radius 3 is 1.52 bits per heavy atom. The molecule has 0 radical (unpaired) electrons. The molecule has 4 atom stereocenters. The first-order valence-corrected chi connectivity index (χ1v) is 10.0. The van der Waals surface area contributed by atoms with Crippen molar-refractivity contribution < 1.29 is 14.3 Å². The summed E-state index contributed by atoms with van der Waals surface area (Å²) in [5.41, 5.74) is 3.94. The summed E-state index contributed by atoms with van der Waals surface area (Å²) in [6.45, 7) is 0. The van der Waals surface area contributed by atoms with Crippen LogP contribution in [0.3, 0.4) is 0 Å². The van der Waals surface area contributed by atoms with Gasteiger partial charge in [-0.15, -0.1) is 0 Å². The second-order valence-corrected chi connectivity index (χ2v) is 9.07. The summed E-state index contributed by atoms with van der Waals surface area (Å²) in [4.78, 5) is 26.1. The van der Waals surface area contributed by atoms with Gasteiger partial charge in [0.25, 0.3) is 0 Å². The number of esters is 2. The molecular weight excluding hydrogens is 336 g/mol. The van der Waals surface area contributed by atoms with Gasteiger partial charge in [-0.05, 0) is 72.6 Å². The molecule has 0 spiro atoms. The maximum absolute atomic E-state index is 13.1. The maximum Gasteiger partial charge on any atom is 0.321 e. The van der Waals surface area contributed by atoms with Gasteiger partial charge < -0.3 is 4.74 Å². The third-order valence-corrected chi connectivity index (χ3v) is 7.96. The lowest BCUT2D eigenvalue weighted by atomic mass is 9.45. The van der Waals surface area contributed by atoms with Crippen molar-refractivity contribution in [1.29, 1.82) is 0 Å². The van der Waals surface area contributed by atoms with Crippen molar-refractivity contribution in [2.24, 2.45) is 22.7 Å². The van der Waals surface area contributed by atoms with Crippen molar-refractivity contribution in [1.82, 2.24) is 0 Å². The Labute approximate surface area is 158 Å². The van der Waals surface area contributed by atoms with E-state index >= 15 is 0 Å². The molecule has 3 nitrogen and oxygen atoms in total. The summed E-state index contributed by atoms with van der Waals surface area (Å²) in [5, 5.41) is 0. The predicted molar refractivity (Wildman–Crippen MR) is 99.9 cm³/mol. The van der Waals surface area contributed by atoms with Crippen molar-refractivity contribution in [2.75, 3.05) is 0 Å². The molecule has 0 unspecified atom stereocenters. The molecule has 0 amide bonds. The zero-order chi connectivity index (χ0) is 18.2. The first-order chi connectivity index (χ1) is 13.1. The molecule has 2 fully saturated rings. The Kier molecular flexibility index (Phi) is 2.95. The molecule has 0 aromatic heterocycles. The molecule has 0 bridgehead atoms. The van der Waals surface area contributed by atoms with Gasteiger partial charge in [0.15, 0.2) is 0 Å². The molecule has 27 heavy (non-hydrogen) atoms. The summed E-state index contributed by atoms with van der Waals surface area (Å²) >= 11 is 0. The van der Waals surface area contributed by atoms with E-state index in [1.165, 1.54) is 22.3 Å². The maximum atomic E-state index is 13.1. The lowest BCUT2D eigenvalue weighted by molar-refractivity contribution is -0.155. The highest BCUT2D eigenvalue weighted by atomic mass is 16.6. The lowest BCUT2D eigenvalue weighted by Crippen LogP contribution is -2.57. The van der Waals surface area contributed by atoms with Crippen LogP contribution in [-0.4, -0.2) is 11.9 Å². The summed E-state index contributed by atoms with van der Waals surface area (Å²) in [5.74, 6) is 0.382. The van der Waals surface area contributed by atoms with Crippen LogP contribution in [-0.2, 0) is 40.0 Å². The van der Waals surface area contributed by atoms with Crippen LogP contribution in [0.15, 0.2) is 48.5 Å². The molecule has 6 rings (SSSR count). The SMILES string of the molecule is O=C1OC(=O)[C@]23Cc4ccccc4C[C@]12C[C@@H]1Cc2ccccc2C[C@@H]1C3. The van der Waals surface area contributed by atoms with Crippen molar-refractivity contribution in [3.63, 3.8) is 0 Å². The number of fused-ring (bicyclic) bond motifs is 3. The average molecular weight is 358 g/mol. The fourth-order valence-corrected chi connectivity index (χ4v) is 6.63. The first-order valence-electron chi connectivity index (χ1n) is 10.0. The van der Waals surface area contributed by atoms with Crippen LogP contribution in [0.5, 0.6) is 0 Å². The Hall–Kier alpha value is -2.42. The molecule has 2 aromatic carbocycles. The number of carbonyl (C=O) groups excluding carboxylic acids is 2. The number of ether oxygens (including phenoxy) is 1. The third-order valence-electron chi connectivity index (χ3n) is 7.96. The zero-order valence-electron chi connectivity index (χ0n) is 15.2. The largest absolute Gasteiger partial charge is 0.392 e. The Bertz CT molecular complexity index is 915. The minimum Gasteiger partial charge on any atom is -0.392 e. The number of rotatable bonds is 0. The number of hydrogen-bond donors (Lipinski definition) is 0. The third kappa shape index (κ3) is 1.87. The van der Waals surface area contributed by atoms with Crippen molar-refractivity contribution in [2.45, 2.75) is 38.5 Å². The minimum absolute atomic E-state index is 0.265. The van der Waals surface area contributed by atoms with E-state index in [1.807, 2.05) is 12.1 Å². The van der Waals surface area contributed by atoms with E-state index in [4.69, 9.17) is 4.74 Å². The van der Waals surface area contributed by atoms with Crippen LogP contribution in [0.25, 0.3) is 0 Å². The molecule has 1 saturated carbocycles. The van der Waals surface area contributed by atoms with Gasteiger partial charge in [0.2, 0.25) is 0 Å². The highest BCUT2D eigenvalue weighted by Gasteiger charge is 2.72. The number of hydrogen-bond acceptors (Lipinski definition) is 3. The molecule has 1 heterocycles. The summed E-state index contributed by atoms with van der Waals surface area (Å²) in [6, 6.07) is 17.0. The molecule has 4 aliphatic rings. The van der Waals surface area contributed by atoms with E-state index in [1.54, 1.807) is 0 Å². The van der Waals surface area contributed by atoms with E-state index in [-0.39, 0.29) is 11.9 Å². The number of carbonyl (C=O) groups is 2. The quantitative estimate of drug-likeness (QED) is 0.533. The van der Waals surface area contributed by atoms with E-state index in [0.29, 0.717) is 24.7 Å². The van der Waals surface area contributed by atoms with Gasteiger partial charge in [-0.3, -0.25) is 9.59 Å². The first kappa shape index (κ1) is 15.6. The van der Waals surface area contributed by atoms with Gasteiger partial charge >= 0.3 is 11.9 Å². The summed E-state index contributed by atoms with van der Waals surface area (Å²) < 4.78 is 5.37. The smallest absolute Gasteiger partial charge is 0.321 e. The van der Waals surface area contributed by atoms with E-state index in [2.05, 4.69) is 36.4 Å². The minimum atomic E-state index is -0.661. The predicted octanol–water partition coefficient (Wildman–Crippen LogP) is 3.67. The van der Waals surface area contributed by atoms with Crippen LogP contribution < -0.4 is 0 Å². The molecule has 3 heteroatoms. The number of benzene rings is 2. The average Bonchev–Trinajstić information content (AvgIpc) is 2.88. The molecule has 3 aliphatic carbocycles. The lowest BCUT2D eigenvalue weighted by Gasteiger charge is -2.54. The van der Waals surface area contributed by atoms with Crippen LogP contribution in [0.4, 0.5) is 0 Å². The highest BCUT2D eigenvalue weighted by Crippen LogP contribution is 2.65. The van der Waals surface area contributed by atoms with E-state index in [0.717, 1.165) is 25.7 Å². The molecule has 0 N–H and O–H groups in total. The van der Waals surface area contributed by atoms with Crippen molar-refractivity contribution >= 4 is 11.9 Å². The van der Waals surface area contributed by atoms with E-state index < -0.39 is 10.8 Å². The van der Waals surface area contributed by atoms with Crippen LogP contribution in [0.1, 0.15) is 35.1 Å². The summed E-state index contributed by atoms with van der Waals surface area (Å²) in [7, 11) is 0. The second kappa shape index (κ2) is 5.09. The standard InChI is InChI=1S/C24H22O3/c25-21-23-11-17-7-3-4-8-18(17)12-24(23,22(26)27-21)14-20-10-16-6-2-1-5-15(16)9-19(20)13-23/h1-8,19-20H,9-14H2/t19-,20+,23-,24+. The van der Waals surface area contributed by atoms with Crippen molar-refractivity contribution in [3.05, 3.63) is 70.8 Å². The molecular formula is C24H22O3. The Balaban J connectivity index is 1.49. The normalized spacial score (nSPS) is 36.0. The van der Waals surface area contributed by atoms with Crippen LogP contribution in [0.2, 0.25) is 0 Å². The fraction of sp³-hybridized carbons (Fsp3) is 0.417. The van der Waals surface area contributed by atoms with Crippen LogP contribution in [0, 0.1) is 22.7 Å². The Morgan fingerprint density at radius 1 is 0.667 bits per heavy atom. The zero-order valence-corrected chi connectivity index (χ0v) is 15.2. The van der Waals surface area contributed by atoms with E-state index in [9.17, 15) is 9.59 Å². The topological polar surface area (TPSA) is 43.4 Å². The molecule has 2 aromatic rings. The highest BCUT2D eigenvalue weighted by molar-refractivity contribution is 6.03. The Morgan fingerprint density at radius 2 is 1.07 bits per heavy atom. The monoisotopic (exact) mass is 358 g/mol. The molecule has 136 valence electrons. The fourth-order valence-electron chi connectivity index (χ4n) is 6.63. The molecule has 1 aliphatic heterocycles. The summed E-state index contributed by atoms with van der Waals surface area (Å²) in [6.07, 6.45) is 4.90. The van der Waals surface area contributed by atoms with Gasteiger partial charge in [-0.1, -0.05) is 48.5 Å². The number of cyclic esters (lactones) is 2. The van der Waals surface area contributed by atoms with Crippen LogP contribution >= 0.6 is 0 Å². The van der Waals surface area contributed by atoms with Gasteiger partial charge in [-0.25, -0.2) is 0 Å². The van der Waals surface area contributed by atoms with Gasteiger partial charge in [0, 0.05) is 0 Å². The van der Waals surface area contributed by atoms with Gasteiger partial charge in [-0.2, -0.15) is 0 Å². The molecule has 1 saturated heterocycles. The second-order valence-electron chi connectivity index (χ2n) is 9.07. The van der Waals surface area contributed by atoms with Crippen molar-refractivity contribution in [3.8, 4) is 0 Å².